The van der Waals surface area contributed by atoms with Gasteiger partial charge in [-0.3, -0.25) is 4.79 Å². The number of thiophene rings is 1. The van der Waals surface area contributed by atoms with Crippen LogP contribution in [0.4, 0.5) is 0 Å². The van der Waals surface area contributed by atoms with Crippen molar-refractivity contribution in [2.45, 2.75) is 19.8 Å². The fourth-order valence-corrected chi connectivity index (χ4v) is 2.56. The van der Waals surface area contributed by atoms with Gasteiger partial charge in [0.25, 0.3) is 5.91 Å². The maximum Gasteiger partial charge on any atom is 0.261 e. The highest BCUT2D eigenvalue weighted by Gasteiger charge is 2.06. The number of benzene rings is 1. The van der Waals surface area contributed by atoms with Crippen molar-refractivity contribution in [1.29, 1.82) is 0 Å². The number of carbonyl (C=O) groups excluding carboxylic acids is 1. The SMILES string of the molecule is Cc1ccc(C(=O)NCCCCOc2ccccc2)s1. The number of aryl methyl sites for hydroxylation is 1. The molecule has 0 atom stereocenters. The van der Waals surface area contributed by atoms with E-state index in [0.29, 0.717) is 13.2 Å². The van der Waals surface area contributed by atoms with Gasteiger partial charge in [0.1, 0.15) is 5.75 Å². The molecule has 2 aromatic rings. The number of amides is 1. The Morgan fingerprint density at radius 3 is 2.65 bits per heavy atom. The van der Waals surface area contributed by atoms with Gasteiger partial charge >= 0.3 is 0 Å². The fourth-order valence-electron chi connectivity index (χ4n) is 1.78. The molecule has 0 spiro atoms. The van der Waals surface area contributed by atoms with E-state index in [1.807, 2.05) is 49.4 Å². The van der Waals surface area contributed by atoms with Crippen molar-refractivity contribution in [2.75, 3.05) is 13.2 Å². The van der Waals surface area contributed by atoms with Gasteiger partial charge in [0.2, 0.25) is 0 Å². The van der Waals surface area contributed by atoms with Crippen LogP contribution in [0.15, 0.2) is 42.5 Å². The van der Waals surface area contributed by atoms with Crippen LogP contribution < -0.4 is 10.1 Å². The van der Waals surface area contributed by atoms with E-state index in [4.69, 9.17) is 4.74 Å². The first-order valence-electron chi connectivity index (χ1n) is 6.78. The first-order chi connectivity index (χ1) is 9.75. The van der Waals surface area contributed by atoms with Crippen LogP contribution in [0.3, 0.4) is 0 Å². The fraction of sp³-hybridized carbons (Fsp3) is 0.312. The standard InChI is InChI=1S/C16H19NO2S/c1-13-9-10-15(20-13)16(18)17-11-5-6-12-19-14-7-3-2-4-8-14/h2-4,7-10H,5-6,11-12H2,1H3,(H,17,18). The minimum atomic E-state index is 0.0204. The van der Waals surface area contributed by atoms with Crippen molar-refractivity contribution in [3.63, 3.8) is 0 Å². The Bertz CT molecular complexity index is 536. The van der Waals surface area contributed by atoms with Gasteiger partial charge in [0, 0.05) is 11.4 Å². The molecule has 0 radical (unpaired) electrons. The quantitative estimate of drug-likeness (QED) is 0.790. The number of unbranched alkanes of at least 4 members (excludes halogenated alkanes) is 1. The van der Waals surface area contributed by atoms with Crippen molar-refractivity contribution in [1.82, 2.24) is 5.32 Å². The Balaban J connectivity index is 1.57. The van der Waals surface area contributed by atoms with Gasteiger partial charge in [0.15, 0.2) is 0 Å². The summed E-state index contributed by atoms with van der Waals surface area (Å²) in [4.78, 5) is 13.7. The van der Waals surface area contributed by atoms with E-state index in [0.717, 1.165) is 28.3 Å². The van der Waals surface area contributed by atoms with Crippen LogP contribution in [0, 0.1) is 6.92 Å². The highest BCUT2D eigenvalue weighted by atomic mass is 32.1. The third kappa shape index (κ3) is 4.70. The zero-order chi connectivity index (χ0) is 14.2. The lowest BCUT2D eigenvalue weighted by atomic mass is 10.3. The summed E-state index contributed by atoms with van der Waals surface area (Å²) in [6, 6.07) is 13.6. The molecule has 0 bridgehead atoms. The van der Waals surface area contributed by atoms with Crippen LogP contribution in [0.1, 0.15) is 27.4 Å². The van der Waals surface area contributed by atoms with Crippen LogP contribution in [-0.2, 0) is 0 Å². The molecule has 2 rings (SSSR count). The van der Waals surface area contributed by atoms with Crippen LogP contribution >= 0.6 is 11.3 Å². The molecule has 0 unspecified atom stereocenters. The second-order valence-corrected chi connectivity index (χ2v) is 5.82. The van der Waals surface area contributed by atoms with Crippen molar-refractivity contribution in [2.24, 2.45) is 0 Å². The average molecular weight is 289 g/mol. The number of para-hydroxylation sites is 1. The number of carbonyl (C=O) groups is 1. The lowest BCUT2D eigenvalue weighted by Gasteiger charge is -2.06. The summed E-state index contributed by atoms with van der Waals surface area (Å²) in [5.74, 6) is 0.915. The predicted octanol–water partition coefficient (Wildman–Crippen LogP) is 3.65. The van der Waals surface area contributed by atoms with Crippen LogP contribution in [0.5, 0.6) is 5.75 Å². The molecule has 4 heteroatoms. The predicted molar refractivity (Wildman–Crippen MR) is 82.6 cm³/mol. The Morgan fingerprint density at radius 1 is 1.15 bits per heavy atom. The van der Waals surface area contributed by atoms with Gasteiger partial charge in [-0.25, -0.2) is 0 Å². The summed E-state index contributed by atoms with van der Waals surface area (Å²) in [5, 5.41) is 2.93. The highest BCUT2D eigenvalue weighted by Crippen LogP contribution is 2.14. The van der Waals surface area contributed by atoms with Crippen LogP contribution in [-0.4, -0.2) is 19.1 Å². The number of hydrogen-bond acceptors (Lipinski definition) is 3. The molecule has 0 aliphatic carbocycles. The van der Waals surface area contributed by atoms with E-state index in [9.17, 15) is 4.79 Å². The topological polar surface area (TPSA) is 38.3 Å². The Labute approximate surface area is 123 Å². The lowest BCUT2D eigenvalue weighted by molar-refractivity contribution is 0.0956. The van der Waals surface area contributed by atoms with Gasteiger partial charge in [-0.15, -0.1) is 11.3 Å². The van der Waals surface area contributed by atoms with Crippen molar-refractivity contribution in [3.8, 4) is 5.75 Å². The zero-order valence-corrected chi connectivity index (χ0v) is 12.4. The monoisotopic (exact) mass is 289 g/mol. The summed E-state index contributed by atoms with van der Waals surface area (Å²) < 4.78 is 5.59. The third-order valence-corrected chi connectivity index (χ3v) is 3.83. The molecular weight excluding hydrogens is 270 g/mol. The van der Waals surface area contributed by atoms with Gasteiger partial charge in [-0.2, -0.15) is 0 Å². The van der Waals surface area contributed by atoms with E-state index in [1.165, 1.54) is 11.3 Å². The van der Waals surface area contributed by atoms with E-state index in [1.54, 1.807) is 0 Å². The van der Waals surface area contributed by atoms with E-state index in [-0.39, 0.29) is 5.91 Å². The number of nitrogens with one attached hydrogen (secondary N) is 1. The third-order valence-electron chi connectivity index (χ3n) is 2.83. The molecule has 0 aliphatic heterocycles. The maximum atomic E-state index is 11.8. The van der Waals surface area contributed by atoms with E-state index in [2.05, 4.69) is 5.32 Å². The Kier molecular flexibility index (Phi) is 5.62. The molecular formula is C16H19NO2S. The average Bonchev–Trinajstić information content (AvgIpc) is 2.90. The largest absolute Gasteiger partial charge is 0.494 e. The lowest BCUT2D eigenvalue weighted by Crippen LogP contribution is -2.23. The molecule has 3 nitrogen and oxygen atoms in total. The summed E-state index contributed by atoms with van der Waals surface area (Å²) in [7, 11) is 0. The van der Waals surface area contributed by atoms with E-state index < -0.39 is 0 Å². The molecule has 1 amide bonds. The molecule has 0 fully saturated rings. The first kappa shape index (κ1) is 14.6. The molecule has 1 aromatic carbocycles. The molecule has 0 saturated carbocycles. The minimum absolute atomic E-state index is 0.0204. The second kappa shape index (κ2) is 7.70. The highest BCUT2D eigenvalue weighted by molar-refractivity contribution is 7.13. The number of ether oxygens (including phenoxy) is 1. The first-order valence-corrected chi connectivity index (χ1v) is 7.60. The van der Waals surface area contributed by atoms with Gasteiger partial charge in [-0.05, 0) is 44.0 Å². The minimum Gasteiger partial charge on any atom is -0.494 e. The second-order valence-electron chi connectivity index (χ2n) is 4.53. The Hall–Kier alpha value is -1.81. The smallest absolute Gasteiger partial charge is 0.261 e. The maximum absolute atomic E-state index is 11.8. The normalized spacial score (nSPS) is 10.2. The Morgan fingerprint density at radius 2 is 1.95 bits per heavy atom. The molecule has 1 heterocycles. The summed E-state index contributed by atoms with van der Waals surface area (Å²) in [6.07, 6.45) is 1.85. The zero-order valence-electron chi connectivity index (χ0n) is 11.6. The van der Waals surface area contributed by atoms with Crippen molar-refractivity contribution in [3.05, 3.63) is 52.2 Å². The molecule has 1 N–H and O–H groups in total. The van der Waals surface area contributed by atoms with Crippen LogP contribution in [0.2, 0.25) is 0 Å². The summed E-state index contributed by atoms with van der Waals surface area (Å²) in [5.41, 5.74) is 0. The van der Waals surface area contributed by atoms with Gasteiger partial charge < -0.3 is 10.1 Å². The van der Waals surface area contributed by atoms with Crippen molar-refractivity contribution >= 4 is 17.2 Å². The van der Waals surface area contributed by atoms with Gasteiger partial charge in [0.05, 0.1) is 11.5 Å². The number of hydrogen-bond donors (Lipinski definition) is 1. The van der Waals surface area contributed by atoms with Crippen molar-refractivity contribution < 1.29 is 9.53 Å². The van der Waals surface area contributed by atoms with Crippen LogP contribution in [0.25, 0.3) is 0 Å². The molecule has 1 aromatic heterocycles. The molecule has 106 valence electrons. The molecule has 20 heavy (non-hydrogen) atoms. The molecule has 0 aliphatic rings. The van der Waals surface area contributed by atoms with E-state index >= 15 is 0 Å². The summed E-state index contributed by atoms with van der Waals surface area (Å²) in [6.45, 7) is 3.37. The molecule has 0 saturated heterocycles. The summed E-state index contributed by atoms with van der Waals surface area (Å²) >= 11 is 1.52. The van der Waals surface area contributed by atoms with Gasteiger partial charge in [-0.1, -0.05) is 18.2 Å². The number of rotatable bonds is 7.